The standard InChI is InChI=1S/C17H18FNO2/c1-3-10-4-5-14-12(7-10)15(17(20)21)13-8-11(18)6-9(2)16(13)19-14/h6,8,10H,3-5,7H2,1-2H3,(H,20,21). The summed E-state index contributed by atoms with van der Waals surface area (Å²) in [6, 6.07) is 2.71. The van der Waals surface area contributed by atoms with Crippen molar-refractivity contribution < 1.29 is 14.3 Å². The molecule has 4 heteroatoms. The van der Waals surface area contributed by atoms with Crippen molar-refractivity contribution >= 4 is 16.9 Å². The fourth-order valence-electron chi connectivity index (χ4n) is 3.33. The van der Waals surface area contributed by atoms with Gasteiger partial charge >= 0.3 is 5.97 Å². The molecule has 0 saturated carbocycles. The number of benzene rings is 1. The second-order valence-corrected chi connectivity index (χ2v) is 5.85. The van der Waals surface area contributed by atoms with Gasteiger partial charge in [-0.15, -0.1) is 0 Å². The number of hydrogen-bond acceptors (Lipinski definition) is 2. The SMILES string of the molecule is CCC1CCc2nc3c(C)cc(F)cc3c(C(=O)O)c2C1. The minimum absolute atomic E-state index is 0.246. The number of pyridine rings is 1. The van der Waals surface area contributed by atoms with Crippen molar-refractivity contribution in [1.29, 1.82) is 0 Å². The summed E-state index contributed by atoms with van der Waals surface area (Å²) in [6.45, 7) is 3.89. The molecule has 0 amide bonds. The summed E-state index contributed by atoms with van der Waals surface area (Å²) in [5.41, 5.74) is 3.23. The molecule has 0 radical (unpaired) electrons. The van der Waals surface area contributed by atoms with Gasteiger partial charge < -0.3 is 5.11 Å². The highest BCUT2D eigenvalue weighted by atomic mass is 19.1. The highest BCUT2D eigenvalue weighted by molar-refractivity contribution is 6.05. The third-order valence-electron chi connectivity index (χ3n) is 4.50. The first-order chi connectivity index (χ1) is 10.0. The average molecular weight is 287 g/mol. The smallest absolute Gasteiger partial charge is 0.336 e. The highest BCUT2D eigenvalue weighted by Crippen LogP contribution is 2.34. The maximum absolute atomic E-state index is 13.7. The van der Waals surface area contributed by atoms with Crippen molar-refractivity contribution in [2.45, 2.75) is 39.5 Å². The number of aromatic nitrogens is 1. The lowest BCUT2D eigenvalue weighted by atomic mass is 9.82. The normalized spacial score (nSPS) is 17.8. The van der Waals surface area contributed by atoms with Crippen LogP contribution in [0.5, 0.6) is 0 Å². The molecule has 0 saturated heterocycles. The van der Waals surface area contributed by atoms with Crippen LogP contribution in [0.15, 0.2) is 12.1 Å². The predicted octanol–water partition coefficient (Wildman–Crippen LogP) is 3.90. The third kappa shape index (κ3) is 2.28. The van der Waals surface area contributed by atoms with E-state index >= 15 is 0 Å². The fraction of sp³-hybridized carbons (Fsp3) is 0.412. The average Bonchev–Trinajstić information content (AvgIpc) is 2.44. The van der Waals surface area contributed by atoms with Gasteiger partial charge in [0.05, 0.1) is 11.1 Å². The van der Waals surface area contributed by atoms with E-state index in [1.807, 2.05) is 0 Å². The van der Waals surface area contributed by atoms with E-state index in [9.17, 15) is 14.3 Å². The lowest BCUT2D eigenvalue weighted by Crippen LogP contribution is -2.19. The first-order valence-corrected chi connectivity index (χ1v) is 7.36. The lowest BCUT2D eigenvalue weighted by molar-refractivity contribution is 0.0697. The number of aryl methyl sites for hydroxylation is 2. The highest BCUT2D eigenvalue weighted by Gasteiger charge is 2.26. The number of rotatable bonds is 2. The molecule has 0 aliphatic heterocycles. The van der Waals surface area contributed by atoms with E-state index in [0.717, 1.165) is 36.9 Å². The van der Waals surface area contributed by atoms with Crippen LogP contribution >= 0.6 is 0 Å². The molecule has 0 bridgehead atoms. The van der Waals surface area contributed by atoms with Crippen LogP contribution in [0.2, 0.25) is 0 Å². The molecule has 0 spiro atoms. The van der Waals surface area contributed by atoms with Crippen LogP contribution in [0.1, 0.15) is 46.9 Å². The number of nitrogens with zero attached hydrogens (tertiary/aromatic N) is 1. The summed E-state index contributed by atoms with van der Waals surface area (Å²) in [6.07, 6.45) is 3.60. The van der Waals surface area contributed by atoms with Crippen LogP contribution in [0.4, 0.5) is 4.39 Å². The Balaban J connectivity index is 2.35. The Kier molecular flexibility index (Phi) is 3.40. The molecule has 1 aliphatic rings. The van der Waals surface area contributed by atoms with Crippen LogP contribution in [0.3, 0.4) is 0 Å². The monoisotopic (exact) mass is 287 g/mol. The van der Waals surface area contributed by atoms with Gasteiger partial charge in [-0.3, -0.25) is 4.98 Å². The summed E-state index contributed by atoms with van der Waals surface area (Å²) < 4.78 is 13.7. The molecule has 1 N–H and O–H groups in total. The van der Waals surface area contributed by atoms with E-state index in [2.05, 4.69) is 11.9 Å². The van der Waals surface area contributed by atoms with Crippen molar-refractivity contribution in [3.05, 3.63) is 40.3 Å². The quantitative estimate of drug-likeness (QED) is 0.911. The number of carboxylic acids is 1. The zero-order valence-corrected chi connectivity index (χ0v) is 12.2. The number of fused-ring (bicyclic) bond motifs is 2. The number of hydrogen-bond donors (Lipinski definition) is 1. The van der Waals surface area contributed by atoms with Crippen molar-refractivity contribution in [3.63, 3.8) is 0 Å². The van der Waals surface area contributed by atoms with Gasteiger partial charge in [0.2, 0.25) is 0 Å². The molecule has 1 unspecified atom stereocenters. The molecule has 3 rings (SSSR count). The Bertz CT molecular complexity index is 739. The van der Waals surface area contributed by atoms with E-state index in [4.69, 9.17) is 0 Å². The van der Waals surface area contributed by atoms with E-state index in [1.54, 1.807) is 6.92 Å². The first kappa shape index (κ1) is 14.0. The van der Waals surface area contributed by atoms with E-state index in [1.165, 1.54) is 12.1 Å². The maximum atomic E-state index is 13.7. The Morgan fingerprint density at radius 1 is 1.48 bits per heavy atom. The number of halogens is 1. The summed E-state index contributed by atoms with van der Waals surface area (Å²) in [4.78, 5) is 16.4. The molecule has 2 aromatic rings. The van der Waals surface area contributed by atoms with Crippen LogP contribution in [-0.2, 0) is 12.8 Å². The van der Waals surface area contributed by atoms with E-state index in [-0.39, 0.29) is 5.56 Å². The Labute approximate surface area is 122 Å². The van der Waals surface area contributed by atoms with Crippen molar-refractivity contribution in [3.8, 4) is 0 Å². The number of carboxylic acid groups (broad SMARTS) is 1. The summed E-state index contributed by atoms with van der Waals surface area (Å²) >= 11 is 0. The topological polar surface area (TPSA) is 50.2 Å². The zero-order chi connectivity index (χ0) is 15.1. The molecule has 1 atom stereocenters. The number of carbonyl (C=O) groups is 1. The second-order valence-electron chi connectivity index (χ2n) is 5.85. The van der Waals surface area contributed by atoms with Crippen molar-refractivity contribution in [1.82, 2.24) is 4.98 Å². The van der Waals surface area contributed by atoms with Crippen LogP contribution in [-0.4, -0.2) is 16.1 Å². The number of aromatic carboxylic acids is 1. The molecule has 0 fully saturated rings. The Morgan fingerprint density at radius 3 is 2.90 bits per heavy atom. The molecule has 21 heavy (non-hydrogen) atoms. The van der Waals surface area contributed by atoms with Crippen molar-refractivity contribution in [2.75, 3.05) is 0 Å². The molecule has 3 nitrogen and oxygen atoms in total. The molecular weight excluding hydrogens is 269 g/mol. The Morgan fingerprint density at radius 2 is 2.24 bits per heavy atom. The van der Waals surface area contributed by atoms with Gasteiger partial charge in [-0.1, -0.05) is 13.3 Å². The predicted molar refractivity (Wildman–Crippen MR) is 79.2 cm³/mol. The molecule has 1 aliphatic carbocycles. The van der Waals surface area contributed by atoms with Gasteiger partial charge in [-0.05, 0) is 55.4 Å². The van der Waals surface area contributed by atoms with E-state index < -0.39 is 11.8 Å². The first-order valence-electron chi connectivity index (χ1n) is 7.36. The van der Waals surface area contributed by atoms with E-state index in [0.29, 0.717) is 22.4 Å². The Hall–Kier alpha value is -1.97. The second kappa shape index (κ2) is 5.10. The molecule has 110 valence electrons. The lowest BCUT2D eigenvalue weighted by Gasteiger charge is -2.25. The third-order valence-corrected chi connectivity index (χ3v) is 4.50. The largest absolute Gasteiger partial charge is 0.478 e. The van der Waals surface area contributed by atoms with Crippen LogP contribution in [0, 0.1) is 18.7 Å². The van der Waals surface area contributed by atoms with Crippen LogP contribution < -0.4 is 0 Å². The van der Waals surface area contributed by atoms with Gasteiger partial charge in [0.15, 0.2) is 0 Å². The van der Waals surface area contributed by atoms with Crippen molar-refractivity contribution in [2.24, 2.45) is 5.92 Å². The summed E-state index contributed by atoms with van der Waals surface area (Å²) in [5, 5.41) is 10.1. The molecular formula is C17H18FNO2. The van der Waals surface area contributed by atoms with Gasteiger partial charge in [-0.2, -0.15) is 0 Å². The van der Waals surface area contributed by atoms with Gasteiger partial charge in [-0.25, -0.2) is 9.18 Å². The van der Waals surface area contributed by atoms with Gasteiger partial charge in [0.1, 0.15) is 5.82 Å². The van der Waals surface area contributed by atoms with Gasteiger partial charge in [0, 0.05) is 11.1 Å². The maximum Gasteiger partial charge on any atom is 0.336 e. The minimum atomic E-state index is -0.986. The summed E-state index contributed by atoms with van der Waals surface area (Å²) in [5.74, 6) is -0.906. The molecule has 1 aromatic carbocycles. The van der Waals surface area contributed by atoms with Gasteiger partial charge in [0.25, 0.3) is 0 Å². The zero-order valence-electron chi connectivity index (χ0n) is 12.2. The molecule has 1 aromatic heterocycles. The fourth-order valence-corrected chi connectivity index (χ4v) is 3.33. The van der Waals surface area contributed by atoms with Crippen LogP contribution in [0.25, 0.3) is 10.9 Å². The molecule has 1 heterocycles. The summed E-state index contributed by atoms with van der Waals surface area (Å²) in [7, 11) is 0. The minimum Gasteiger partial charge on any atom is -0.478 e.